The number of rotatable bonds is 4. The van der Waals surface area contributed by atoms with Crippen LogP contribution in [-0.4, -0.2) is 6.54 Å². The maximum Gasteiger partial charge on any atom is 0.0157 e. The highest BCUT2D eigenvalue weighted by molar-refractivity contribution is 7.99. The molecule has 0 aliphatic rings. The number of aryl methyl sites for hydroxylation is 1. The molecule has 0 aromatic heterocycles. The summed E-state index contributed by atoms with van der Waals surface area (Å²) in [5, 5.41) is 0. The molecule has 2 N–H and O–H groups in total. The third-order valence-electron chi connectivity index (χ3n) is 2.73. The lowest BCUT2D eigenvalue weighted by Gasteiger charge is -2.11. The van der Waals surface area contributed by atoms with Crippen molar-refractivity contribution in [3.05, 3.63) is 59.7 Å². The minimum Gasteiger partial charge on any atom is -0.330 e. The largest absolute Gasteiger partial charge is 0.330 e. The predicted octanol–water partition coefficient (Wildman–Crippen LogP) is 3.65. The van der Waals surface area contributed by atoms with Crippen LogP contribution in [0.2, 0.25) is 0 Å². The van der Waals surface area contributed by atoms with Crippen LogP contribution in [0.3, 0.4) is 0 Å². The Morgan fingerprint density at radius 2 is 1.76 bits per heavy atom. The Bertz CT molecular complexity index is 480. The lowest BCUT2D eigenvalue weighted by molar-refractivity contribution is 0.932. The zero-order valence-corrected chi connectivity index (χ0v) is 10.8. The molecule has 0 saturated carbocycles. The van der Waals surface area contributed by atoms with Crippen LogP contribution in [0.25, 0.3) is 0 Å². The van der Waals surface area contributed by atoms with Crippen LogP contribution in [0.1, 0.15) is 11.1 Å². The quantitative estimate of drug-likeness (QED) is 0.887. The van der Waals surface area contributed by atoms with Gasteiger partial charge < -0.3 is 5.73 Å². The first-order valence-electron chi connectivity index (χ1n) is 5.82. The fourth-order valence-electron chi connectivity index (χ4n) is 1.85. The van der Waals surface area contributed by atoms with Gasteiger partial charge in [-0.25, -0.2) is 0 Å². The molecule has 0 aliphatic heterocycles. The molecular weight excluding hydrogens is 226 g/mol. The summed E-state index contributed by atoms with van der Waals surface area (Å²) in [5.41, 5.74) is 8.39. The second kappa shape index (κ2) is 5.89. The van der Waals surface area contributed by atoms with Gasteiger partial charge in [-0.15, -0.1) is 0 Å². The summed E-state index contributed by atoms with van der Waals surface area (Å²) in [6.45, 7) is 2.85. The average molecular weight is 243 g/mol. The first-order chi connectivity index (χ1) is 8.31. The van der Waals surface area contributed by atoms with Gasteiger partial charge in [0.05, 0.1) is 0 Å². The minimum absolute atomic E-state index is 0.702. The zero-order valence-electron chi connectivity index (χ0n) is 10.0. The Labute approximate surface area is 107 Å². The van der Waals surface area contributed by atoms with Gasteiger partial charge in [-0.1, -0.05) is 42.1 Å². The van der Waals surface area contributed by atoms with E-state index in [2.05, 4.69) is 49.4 Å². The van der Waals surface area contributed by atoms with Crippen LogP contribution in [0.5, 0.6) is 0 Å². The Morgan fingerprint density at radius 1 is 1.00 bits per heavy atom. The van der Waals surface area contributed by atoms with Gasteiger partial charge in [0, 0.05) is 9.79 Å². The molecule has 0 atom stereocenters. The van der Waals surface area contributed by atoms with Crippen molar-refractivity contribution in [3.8, 4) is 0 Å². The maximum absolute atomic E-state index is 5.68. The number of benzene rings is 2. The topological polar surface area (TPSA) is 26.0 Å². The van der Waals surface area contributed by atoms with Crippen molar-refractivity contribution < 1.29 is 0 Å². The molecule has 0 saturated heterocycles. The maximum atomic E-state index is 5.68. The highest BCUT2D eigenvalue weighted by Crippen LogP contribution is 2.31. The summed E-state index contributed by atoms with van der Waals surface area (Å²) in [6, 6.07) is 16.9. The molecular formula is C15H17NS. The highest BCUT2D eigenvalue weighted by Gasteiger charge is 2.06. The SMILES string of the molecule is Cc1cccc(Sc2ccccc2)c1CCN. The minimum atomic E-state index is 0.702. The van der Waals surface area contributed by atoms with Crippen molar-refractivity contribution in [2.75, 3.05) is 6.54 Å². The molecule has 2 aromatic carbocycles. The second-order valence-corrected chi connectivity index (χ2v) is 5.12. The monoisotopic (exact) mass is 243 g/mol. The lowest BCUT2D eigenvalue weighted by atomic mass is 10.1. The third kappa shape index (κ3) is 3.11. The average Bonchev–Trinajstić information content (AvgIpc) is 2.35. The summed E-state index contributed by atoms with van der Waals surface area (Å²) in [7, 11) is 0. The Hall–Kier alpha value is -1.25. The molecule has 0 bridgehead atoms. The fraction of sp³-hybridized carbons (Fsp3) is 0.200. The van der Waals surface area contributed by atoms with E-state index >= 15 is 0 Å². The predicted molar refractivity (Wildman–Crippen MR) is 74.5 cm³/mol. The van der Waals surface area contributed by atoms with E-state index in [9.17, 15) is 0 Å². The number of hydrogen-bond donors (Lipinski definition) is 1. The van der Waals surface area contributed by atoms with Crippen molar-refractivity contribution in [3.63, 3.8) is 0 Å². The van der Waals surface area contributed by atoms with E-state index in [1.54, 1.807) is 0 Å². The Balaban J connectivity index is 2.29. The molecule has 2 aromatic rings. The van der Waals surface area contributed by atoms with Gasteiger partial charge in [-0.05, 0) is 49.2 Å². The van der Waals surface area contributed by atoms with E-state index in [1.165, 1.54) is 20.9 Å². The van der Waals surface area contributed by atoms with Crippen molar-refractivity contribution >= 4 is 11.8 Å². The Kier molecular flexibility index (Phi) is 4.24. The summed E-state index contributed by atoms with van der Waals surface area (Å²) >= 11 is 1.81. The van der Waals surface area contributed by atoms with E-state index in [-0.39, 0.29) is 0 Å². The summed E-state index contributed by atoms with van der Waals surface area (Å²) in [6.07, 6.45) is 0.946. The van der Waals surface area contributed by atoms with E-state index in [1.807, 2.05) is 17.8 Å². The number of hydrogen-bond acceptors (Lipinski definition) is 2. The molecule has 0 amide bonds. The van der Waals surface area contributed by atoms with Crippen molar-refractivity contribution in [2.45, 2.75) is 23.1 Å². The van der Waals surface area contributed by atoms with E-state index in [4.69, 9.17) is 5.73 Å². The lowest BCUT2D eigenvalue weighted by Crippen LogP contribution is -2.05. The summed E-state index contributed by atoms with van der Waals surface area (Å²) in [5.74, 6) is 0. The normalized spacial score (nSPS) is 10.5. The molecule has 0 heterocycles. The molecule has 0 fully saturated rings. The molecule has 88 valence electrons. The van der Waals surface area contributed by atoms with Crippen LogP contribution < -0.4 is 5.73 Å². The van der Waals surface area contributed by atoms with Gasteiger partial charge in [0.1, 0.15) is 0 Å². The van der Waals surface area contributed by atoms with Gasteiger partial charge in [-0.2, -0.15) is 0 Å². The highest BCUT2D eigenvalue weighted by atomic mass is 32.2. The summed E-state index contributed by atoms with van der Waals surface area (Å²) < 4.78 is 0. The molecule has 2 rings (SSSR count). The molecule has 0 spiro atoms. The first kappa shape index (κ1) is 12.2. The third-order valence-corrected chi connectivity index (χ3v) is 3.84. The van der Waals surface area contributed by atoms with Crippen LogP contribution in [0.15, 0.2) is 58.3 Å². The smallest absolute Gasteiger partial charge is 0.0157 e. The zero-order chi connectivity index (χ0) is 12.1. The van der Waals surface area contributed by atoms with Crippen LogP contribution in [0.4, 0.5) is 0 Å². The van der Waals surface area contributed by atoms with Gasteiger partial charge in [-0.3, -0.25) is 0 Å². The van der Waals surface area contributed by atoms with Gasteiger partial charge >= 0.3 is 0 Å². The van der Waals surface area contributed by atoms with Crippen molar-refractivity contribution in [2.24, 2.45) is 5.73 Å². The molecule has 0 unspecified atom stereocenters. The second-order valence-electron chi connectivity index (χ2n) is 4.01. The molecule has 17 heavy (non-hydrogen) atoms. The number of nitrogens with two attached hydrogens (primary N) is 1. The van der Waals surface area contributed by atoms with E-state index in [0.29, 0.717) is 6.54 Å². The van der Waals surface area contributed by atoms with Crippen molar-refractivity contribution in [1.82, 2.24) is 0 Å². The molecule has 2 heteroatoms. The first-order valence-corrected chi connectivity index (χ1v) is 6.64. The van der Waals surface area contributed by atoms with Gasteiger partial charge in [0.15, 0.2) is 0 Å². The van der Waals surface area contributed by atoms with E-state index in [0.717, 1.165) is 6.42 Å². The van der Waals surface area contributed by atoms with Crippen molar-refractivity contribution in [1.29, 1.82) is 0 Å². The standard InChI is InChI=1S/C15H17NS/c1-12-6-5-9-15(14(12)10-11-16)17-13-7-3-2-4-8-13/h2-9H,10-11,16H2,1H3. The molecule has 0 radical (unpaired) electrons. The molecule has 1 nitrogen and oxygen atoms in total. The van der Waals surface area contributed by atoms with E-state index < -0.39 is 0 Å². The van der Waals surface area contributed by atoms with Crippen LogP contribution in [0, 0.1) is 6.92 Å². The molecule has 0 aliphatic carbocycles. The summed E-state index contributed by atoms with van der Waals surface area (Å²) in [4.78, 5) is 2.60. The van der Waals surface area contributed by atoms with Gasteiger partial charge in [0.25, 0.3) is 0 Å². The van der Waals surface area contributed by atoms with Crippen LogP contribution >= 0.6 is 11.8 Å². The Morgan fingerprint density at radius 3 is 2.47 bits per heavy atom. The van der Waals surface area contributed by atoms with Crippen LogP contribution in [-0.2, 0) is 6.42 Å². The van der Waals surface area contributed by atoms with Gasteiger partial charge in [0.2, 0.25) is 0 Å². The fourth-order valence-corrected chi connectivity index (χ4v) is 2.93.